The fraction of sp³-hybridized carbons (Fsp3) is 0.583. The Bertz CT molecular complexity index is 932. The van der Waals surface area contributed by atoms with Crippen LogP contribution < -0.4 is 16.0 Å². The molecule has 2 aromatic heterocycles. The van der Waals surface area contributed by atoms with E-state index in [-0.39, 0.29) is 5.41 Å². The first kappa shape index (κ1) is 22.4. The molecular weight excluding hydrogens is 402 g/mol. The molecule has 0 spiro atoms. The highest BCUT2D eigenvalue weighted by molar-refractivity contribution is 5.61. The number of nitrogens with one attached hydrogen (secondary N) is 3. The largest absolute Gasteiger partial charge is 0.383 e. The molecule has 2 fully saturated rings. The number of hydrogen-bond donors (Lipinski definition) is 3. The highest BCUT2D eigenvalue weighted by Gasteiger charge is 2.42. The van der Waals surface area contributed by atoms with Crippen LogP contribution in [-0.4, -0.2) is 53.3 Å². The van der Waals surface area contributed by atoms with E-state index in [0.29, 0.717) is 30.6 Å². The molecular formula is C24H33N7O. The third kappa shape index (κ3) is 5.93. The zero-order valence-corrected chi connectivity index (χ0v) is 19.0. The number of nitrogens with zero attached hydrogens (tertiary/aromatic N) is 4. The van der Waals surface area contributed by atoms with E-state index < -0.39 is 0 Å². The van der Waals surface area contributed by atoms with Gasteiger partial charge in [-0.05, 0) is 63.6 Å². The number of ether oxygens (including phenoxy) is 1. The average Bonchev–Trinajstić information content (AvgIpc) is 3.60. The number of nitriles is 1. The number of hydrogen-bond acceptors (Lipinski definition) is 8. The predicted octanol–water partition coefficient (Wildman–Crippen LogP) is 3.60. The van der Waals surface area contributed by atoms with Gasteiger partial charge >= 0.3 is 0 Å². The molecule has 1 atom stereocenters. The molecule has 1 unspecified atom stereocenters. The summed E-state index contributed by atoms with van der Waals surface area (Å²) in [6, 6.07) is 9.51. The van der Waals surface area contributed by atoms with Gasteiger partial charge in [0.2, 0.25) is 5.95 Å². The fourth-order valence-corrected chi connectivity index (χ4v) is 4.29. The van der Waals surface area contributed by atoms with Crippen LogP contribution >= 0.6 is 0 Å². The van der Waals surface area contributed by atoms with Crippen molar-refractivity contribution in [3.63, 3.8) is 0 Å². The summed E-state index contributed by atoms with van der Waals surface area (Å²) in [5.41, 5.74) is 2.35. The predicted molar refractivity (Wildman–Crippen MR) is 125 cm³/mol. The zero-order valence-electron chi connectivity index (χ0n) is 19.0. The second kappa shape index (κ2) is 10.2. The zero-order chi connectivity index (χ0) is 22.4. The minimum absolute atomic E-state index is 0.189. The van der Waals surface area contributed by atoms with Crippen molar-refractivity contribution in [2.24, 2.45) is 5.41 Å². The summed E-state index contributed by atoms with van der Waals surface area (Å²) >= 11 is 0. The quantitative estimate of drug-likeness (QED) is 0.520. The van der Waals surface area contributed by atoms with E-state index in [1.54, 1.807) is 19.5 Å². The van der Waals surface area contributed by atoms with Gasteiger partial charge < -0.3 is 20.7 Å². The molecule has 0 radical (unpaired) electrons. The smallest absolute Gasteiger partial charge is 0.223 e. The molecule has 32 heavy (non-hydrogen) atoms. The summed E-state index contributed by atoms with van der Waals surface area (Å²) in [6.45, 7) is 3.58. The number of methoxy groups -OCH3 is 1. The SMILES string of the molecule is COCC(C)NC1CCC(Nc2nccc(-c3cc(NCC4(C#N)CC4)ccn3)n2)CC1. The van der Waals surface area contributed by atoms with Crippen LogP contribution in [0.5, 0.6) is 0 Å². The van der Waals surface area contributed by atoms with E-state index in [2.05, 4.69) is 38.9 Å². The van der Waals surface area contributed by atoms with Crippen molar-refractivity contribution in [1.82, 2.24) is 20.3 Å². The van der Waals surface area contributed by atoms with Gasteiger partial charge in [-0.25, -0.2) is 9.97 Å². The van der Waals surface area contributed by atoms with Gasteiger partial charge in [0.25, 0.3) is 0 Å². The first-order valence-corrected chi connectivity index (χ1v) is 11.6. The molecule has 2 heterocycles. The molecule has 8 heteroatoms. The van der Waals surface area contributed by atoms with Crippen LogP contribution in [0.3, 0.4) is 0 Å². The molecule has 0 bridgehead atoms. The van der Waals surface area contributed by atoms with E-state index in [0.717, 1.165) is 62.2 Å². The molecule has 2 aliphatic rings. The van der Waals surface area contributed by atoms with E-state index in [4.69, 9.17) is 9.72 Å². The molecule has 0 aliphatic heterocycles. The van der Waals surface area contributed by atoms with Gasteiger partial charge in [-0.1, -0.05) is 0 Å². The normalized spacial score (nSPS) is 22.5. The molecule has 8 nitrogen and oxygen atoms in total. The van der Waals surface area contributed by atoms with Crippen molar-refractivity contribution in [2.75, 3.05) is 30.9 Å². The van der Waals surface area contributed by atoms with Crippen molar-refractivity contribution >= 4 is 11.6 Å². The summed E-state index contributed by atoms with van der Waals surface area (Å²) in [4.78, 5) is 13.6. The summed E-state index contributed by atoms with van der Waals surface area (Å²) < 4.78 is 5.22. The Kier molecular flexibility index (Phi) is 7.18. The maximum atomic E-state index is 9.27. The molecule has 0 saturated heterocycles. The molecule has 4 rings (SSSR count). The first-order chi connectivity index (χ1) is 15.6. The summed E-state index contributed by atoms with van der Waals surface area (Å²) in [7, 11) is 1.74. The molecule has 2 aliphatic carbocycles. The Morgan fingerprint density at radius 2 is 1.88 bits per heavy atom. The van der Waals surface area contributed by atoms with Gasteiger partial charge in [-0.2, -0.15) is 5.26 Å². The topological polar surface area (TPSA) is 108 Å². The van der Waals surface area contributed by atoms with Crippen LogP contribution in [0.2, 0.25) is 0 Å². The second-order valence-corrected chi connectivity index (χ2v) is 9.16. The monoisotopic (exact) mass is 435 g/mol. The van der Waals surface area contributed by atoms with Crippen LogP contribution in [-0.2, 0) is 4.74 Å². The molecule has 2 aromatic rings. The molecule has 3 N–H and O–H groups in total. The van der Waals surface area contributed by atoms with Crippen LogP contribution in [0.15, 0.2) is 30.6 Å². The van der Waals surface area contributed by atoms with Crippen LogP contribution in [0.25, 0.3) is 11.4 Å². The van der Waals surface area contributed by atoms with Crippen LogP contribution in [0, 0.1) is 16.7 Å². The van der Waals surface area contributed by atoms with Crippen molar-refractivity contribution in [1.29, 1.82) is 5.26 Å². The van der Waals surface area contributed by atoms with Gasteiger partial charge in [0.15, 0.2) is 0 Å². The Morgan fingerprint density at radius 3 is 2.59 bits per heavy atom. The number of anilines is 2. The van der Waals surface area contributed by atoms with Gasteiger partial charge in [0, 0.05) is 49.9 Å². The van der Waals surface area contributed by atoms with Crippen molar-refractivity contribution in [3.05, 3.63) is 30.6 Å². The lowest BCUT2D eigenvalue weighted by molar-refractivity contribution is 0.161. The average molecular weight is 436 g/mol. The Labute approximate surface area is 190 Å². The highest BCUT2D eigenvalue weighted by Crippen LogP contribution is 2.44. The Balaban J connectivity index is 1.32. The van der Waals surface area contributed by atoms with Gasteiger partial charge in [0.05, 0.1) is 29.5 Å². The van der Waals surface area contributed by atoms with Crippen molar-refractivity contribution in [2.45, 2.75) is 63.6 Å². The van der Waals surface area contributed by atoms with E-state index in [1.165, 1.54) is 0 Å². The third-order valence-corrected chi connectivity index (χ3v) is 6.40. The second-order valence-electron chi connectivity index (χ2n) is 9.16. The first-order valence-electron chi connectivity index (χ1n) is 11.6. The highest BCUT2D eigenvalue weighted by atomic mass is 16.5. The Hall–Kier alpha value is -2.76. The lowest BCUT2D eigenvalue weighted by Crippen LogP contribution is -2.43. The number of aromatic nitrogens is 3. The van der Waals surface area contributed by atoms with Gasteiger partial charge in [0.1, 0.15) is 0 Å². The van der Waals surface area contributed by atoms with Gasteiger partial charge in [-0.3, -0.25) is 4.98 Å². The van der Waals surface area contributed by atoms with Crippen molar-refractivity contribution in [3.8, 4) is 17.5 Å². The van der Waals surface area contributed by atoms with E-state index >= 15 is 0 Å². The fourth-order valence-electron chi connectivity index (χ4n) is 4.29. The maximum Gasteiger partial charge on any atom is 0.223 e. The molecule has 0 amide bonds. The van der Waals surface area contributed by atoms with Crippen LogP contribution in [0.4, 0.5) is 11.6 Å². The minimum atomic E-state index is -0.189. The van der Waals surface area contributed by atoms with Crippen molar-refractivity contribution < 1.29 is 4.74 Å². The molecule has 2 saturated carbocycles. The molecule has 170 valence electrons. The summed E-state index contributed by atoms with van der Waals surface area (Å²) in [5.74, 6) is 0.647. The van der Waals surface area contributed by atoms with E-state index in [9.17, 15) is 5.26 Å². The standard InChI is InChI=1S/C24H33N7O/c1-17(14-32-2)29-18-3-5-19(6-4-18)30-23-27-12-8-21(31-23)22-13-20(7-11-26-22)28-16-24(15-25)9-10-24/h7-8,11-13,17-19,29H,3-6,9-10,14,16H2,1-2H3,(H,26,28)(H,27,30,31). The third-order valence-electron chi connectivity index (χ3n) is 6.40. The number of rotatable bonds is 10. The maximum absolute atomic E-state index is 9.27. The van der Waals surface area contributed by atoms with Gasteiger partial charge in [-0.15, -0.1) is 0 Å². The Morgan fingerprint density at radius 1 is 1.12 bits per heavy atom. The summed E-state index contributed by atoms with van der Waals surface area (Å²) in [5, 5.41) is 19.8. The van der Waals surface area contributed by atoms with E-state index in [1.807, 2.05) is 18.2 Å². The lowest BCUT2D eigenvalue weighted by Gasteiger charge is -2.31. The lowest BCUT2D eigenvalue weighted by atomic mass is 9.91. The summed E-state index contributed by atoms with van der Waals surface area (Å²) in [6.07, 6.45) is 9.93. The van der Waals surface area contributed by atoms with Crippen LogP contribution in [0.1, 0.15) is 45.4 Å². The molecule has 0 aromatic carbocycles. The minimum Gasteiger partial charge on any atom is -0.383 e. The number of pyridine rings is 1.